The summed E-state index contributed by atoms with van der Waals surface area (Å²) in [6.45, 7) is 5.93. The first-order chi connectivity index (χ1) is 18.4. The van der Waals surface area contributed by atoms with Crippen LogP contribution >= 0.6 is 0 Å². The molecule has 1 fully saturated rings. The Hall–Kier alpha value is -3.92. The molecule has 1 aliphatic rings. The van der Waals surface area contributed by atoms with Crippen LogP contribution in [0.2, 0.25) is 0 Å². The Morgan fingerprint density at radius 3 is 2.55 bits per heavy atom. The second-order valence-corrected chi connectivity index (χ2v) is 9.45. The summed E-state index contributed by atoms with van der Waals surface area (Å²) < 4.78 is 16.1. The Balaban J connectivity index is 1.31. The molecule has 38 heavy (non-hydrogen) atoms. The summed E-state index contributed by atoms with van der Waals surface area (Å²) in [5.41, 5.74) is 1.78. The van der Waals surface area contributed by atoms with E-state index in [1.165, 1.54) is 0 Å². The third-order valence-corrected chi connectivity index (χ3v) is 6.85. The fourth-order valence-corrected chi connectivity index (χ4v) is 4.38. The zero-order valence-corrected chi connectivity index (χ0v) is 22.3. The van der Waals surface area contributed by atoms with E-state index in [1.54, 1.807) is 38.5 Å². The lowest BCUT2D eigenvalue weighted by Crippen LogP contribution is -2.38. The average molecular weight is 522 g/mol. The first-order valence-corrected chi connectivity index (χ1v) is 12.9. The summed E-state index contributed by atoms with van der Waals surface area (Å²) in [6, 6.07) is 12.6. The van der Waals surface area contributed by atoms with Crippen LogP contribution in [0, 0.1) is 5.92 Å². The maximum atomic E-state index is 13.0. The largest absolute Gasteiger partial charge is 0.493 e. The van der Waals surface area contributed by atoms with Gasteiger partial charge in [-0.15, -0.1) is 0 Å². The van der Waals surface area contributed by atoms with E-state index in [2.05, 4.69) is 25.7 Å². The highest BCUT2D eigenvalue weighted by atomic mass is 16.5. The van der Waals surface area contributed by atoms with E-state index >= 15 is 0 Å². The third-order valence-electron chi connectivity index (χ3n) is 6.85. The quantitative estimate of drug-likeness (QED) is 0.409. The number of anilines is 1. The van der Waals surface area contributed by atoms with Gasteiger partial charge < -0.3 is 24.6 Å². The number of hydrogen-bond acceptors (Lipinski definition) is 8. The molecule has 10 nitrogen and oxygen atoms in total. The predicted molar refractivity (Wildman–Crippen MR) is 143 cm³/mol. The molecule has 1 aliphatic heterocycles. The van der Waals surface area contributed by atoms with Gasteiger partial charge in [0.1, 0.15) is 0 Å². The lowest BCUT2D eigenvalue weighted by Gasteiger charge is -2.30. The van der Waals surface area contributed by atoms with Crippen LogP contribution in [0.3, 0.4) is 0 Å². The molecule has 202 valence electrons. The fourth-order valence-electron chi connectivity index (χ4n) is 4.38. The van der Waals surface area contributed by atoms with Gasteiger partial charge in [0.15, 0.2) is 11.5 Å². The number of likely N-dealkylation sites (tertiary alicyclic amines) is 1. The smallest absolute Gasteiger partial charge is 0.253 e. The monoisotopic (exact) mass is 521 g/mol. The van der Waals surface area contributed by atoms with Crippen LogP contribution in [-0.4, -0.2) is 60.2 Å². The molecule has 0 saturated carbocycles. The molecule has 1 unspecified atom stereocenters. The minimum absolute atomic E-state index is 0.0598. The maximum Gasteiger partial charge on any atom is 0.253 e. The lowest BCUT2D eigenvalue weighted by atomic mass is 9.95. The van der Waals surface area contributed by atoms with Crippen molar-refractivity contribution >= 4 is 17.5 Å². The highest BCUT2D eigenvalue weighted by Crippen LogP contribution is 2.31. The van der Waals surface area contributed by atoms with Crippen LogP contribution in [0.15, 0.2) is 47.0 Å². The number of rotatable bonds is 10. The molecule has 1 aromatic heterocycles. The Bertz CT molecular complexity index is 1250. The summed E-state index contributed by atoms with van der Waals surface area (Å²) in [5, 5.41) is 10.1. The van der Waals surface area contributed by atoms with E-state index in [0.717, 1.165) is 25.1 Å². The summed E-state index contributed by atoms with van der Waals surface area (Å²) in [4.78, 5) is 32.4. The molecule has 2 N–H and O–H groups in total. The Kier molecular flexibility index (Phi) is 8.96. The second kappa shape index (κ2) is 12.6. The third kappa shape index (κ3) is 6.49. The number of hydrogen-bond donors (Lipinski definition) is 2. The molecule has 2 heterocycles. The molecule has 2 amide bonds. The molecule has 1 atom stereocenters. The van der Waals surface area contributed by atoms with E-state index in [0.29, 0.717) is 53.9 Å². The molecule has 2 aromatic carbocycles. The van der Waals surface area contributed by atoms with Crippen molar-refractivity contribution in [1.82, 2.24) is 20.4 Å². The maximum absolute atomic E-state index is 13.0. The van der Waals surface area contributed by atoms with Crippen molar-refractivity contribution in [2.45, 2.75) is 45.7 Å². The van der Waals surface area contributed by atoms with Gasteiger partial charge >= 0.3 is 0 Å². The van der Waals surface area contributed by atoms with Crippen molar-refractivity contribution in [3.05, 3.63) is 53.9 Å². The molecule has 0 aliphatic carbocycles. The molecule has 4 rings (SSSR count). The van der Waals surface area contributed by atoms with Crippen molar-refractivity contribution < 1.29 is 23.6 Å². The van der Waals surface area contributed by atoms with Gasteiger partial charge in [0.25, 0.3) is 5.91 Å². The topological polar surface area (TPSA) is 119 Å². The fraction of sp³-hybridized carbons (Fsp3) is 0.429. The van der Waals surface area contributed by atoms with Crippen molar-refractivity contribution in [1.29, 1.82) is 0 Å². The van der Waals surface area contributed by atoms with Gasteiger partial charge in [0, 0.05) is 17.5 Å². The molecule has 0 spiro atoms. The van der Waals surface area contributed by atoms with Gasteiger partial charge in [-0.1, -0.05) is 24.2 Å². The highest BCUT2D eigenvalue weighted by Gasteiger charge is 2.27. The predicted octanol–water partition coefficient (Wildman–Crippen LogP) is 4.13. The molecule has 0 bridgehead atoms. The number of carbonyl (C=O) groups is 2. The number of methoxy groups -OCH3 is 2. The van der Waals surface area contributed by atoms with E-state index < -0.39 is 0 Å². The van der Waals surface area contributed by atoms with Crippen molar-refractivity contribution in [3.63, 3.8) is 0 Å². The number of piperidine rings is 1. The van der Waals surface area contributed by atoms with Crippen LogP contribution < -0.4 is 20.1 Å². The number of para-hydroxylation sites is 1. The zero-order valence-electron chi connectivity index (χ0n) is 22.3. The lowest BCUT2D eigenvalue weighted by molar-refractivity contribution is -0.121. The number of ether oxygens (including phenoxy) is 2. The number of carbonyl (C=O) groups excluding carboxylic acids is 2. The van der Waals surface area contributed by atoms with Gasteiger partial charge in [-0.05, 0) is 69.6 Å². The van der Waals surface area contributed by atoms with E-state index in [4.69, 9.17) is 14.0 Å². The molecule has 1 saturated heterocycles. The van der Waals surface area contributed by atoms with Crippen molar-refractivity contribution in [2.24, 2.45) is 5.92 Å². The number of nitrogens with zero attached hydrogens (tertiary/aromatic N) is 3. The summed E-state index contributed by atoms with van der Waals surface area (Å²) >= 11 is 0. The molecular formula is C28H35N5O5. The normalized spacial score (nSPS) is 15.1. The molecule has 0 radical (unpaired) electrons. The number of nitrogens with one attached hydrogen (secondary N) is 2. The van der Waals surface area contributed by atoms with Gasteiger partial charge in [0.05, 0.1) is 32.0 Å². The molecule has 10 heteroatoms. The summed E-state index contributed by atoms with van der Waals surface area (Å²) in [5.74, 6) is 1.83. The van der Waals surface area contributed by atoms with E-state index in [9.17, 15) is 9.59 Å². The van der Waals surface area contributed by atoms with Gasteiger partial charge in [-0.25, -0.2) is 0 Å². The van der Waals surface area contributed by atoms with Gasteiger partial charge in [-0.2, -0.15) is 4.98 Å². The van der Waals surface area contributed by atoms with Crippen molar-refractivity contribution in [3.8, 4) is 22.9 Å². The van der Waals surface area contributed by atoms with E-state index in [-0.39, 0.29) is 23.8 Å². The van der Waals surface area contributed by atoms with Crippen LogP contribution in [-0.2, 0) is 11.3 Å². The van der Waals surface area contributed by atoms with E-state index in [1.807, 2.05) is 32.0 Å². The summed E-state index contributed by atoms with van der Waals surface area (Å²) in [7, 11) is 3.17. The van der Waals surface area contributed by atoms with Crippen LogP contribution in [0.1, 0.15) is 49.4 Å². The van der Waals surface area contributed by atoms with Crippen molar-refractivity contribution in [2.75, 3.05) is 32.6 Å². The number of amides is 2. The van der Waals surface area contributed by atoms with Gasteiger partial charge in [0.2, 0.25) is 17.6 Å². The van der Waals surface area contributed by atoms with Crippen LogP contribution in [0.4, 0.5) is 5.69 Å². The Morgan fingerprint density at radius 1 is 1.11 bits per heavy atom. The van der Waals surface area contributed by atoms with Crippen LogP contribution in [0.5, 0.6) is 11.5 Å². The minimum atomic E-state index is -0.183. The average Bonchev–Trinajstić information content (AvgIpc) is 3.41. The SMILES string of the molecule is CCC(C)NC(=O)c1ccccc1NC(=O)C1CCN(Cc2nc(-c3ccc(OC)c(OC)c3)no2)CC1. The molecule has 3 aromatic rings. The van der Waals surface area contributed by atoms with Crippen LogP contribution in [0.25, 0.3) is 11.4 Å². The zero-order chi connectivity index (χ0) is 27.1. The Labute approximate surface area is 222 Å². The standard InChI is InChI=1S/C28H35N5O5/c1-5-18(2)29-28(35)21-8-6-7-9-22(21)30-27(34)19-12-14-33(15-13-19)17-25-31-26(32-38-25)20-10-11-23(36-3)24(16-20)37-4/h6-11,16,18-19H,5,12-15,17H2,1-4H3,(H,29,35)(H,30,34). The first-order valence-electron chi connectivity index (χ1n) is 12.9. The second-order valence-electron chi connectivity index (χ2n) is 9.45. The summed E-state index contributed by atoms with van der Waals surface area (Å²) in [6.07, 6.45) is 2.23. The first kappa shape index (κ1) is 27.1. The van der Waals surface area contributed by atoms with Gasteiger partial charge in [-0.3, -0.25) is 14.5 Å². The molecular weight excluding hydrogens is 486 g/mol. The minimum Gasteiger partial charge on any atom is -0.493 e. The number of aromatic nitrogens is 2. The Morgan fingerprint density at radius 2 is 1.84 bits per heavy atom. The highest BCUT2D eigenvalue weighted by molar-refractivity contribution is 6.04. The number of benzene rings is 2.